The van der Waals surface area contributed by atoms with Crippen LogP contribution in [0.2, 0.25) is 0 Å². The van der Waals surface area contributed by atoms with E-state index in [1.807, 2.05) is 14.1 Å². The first-order chi connectivity index (χ1) is 11.3. The van der Waals surface area contributed by atoms with E-state index in [9.17, 15) is 25.7 Å². The minimum Gasteiger partial charge on any atom is -0.612 e. The fourth-order valence-corrected chi connectivity index (χ4v) is 3.74. The molecule has 1 atom stereocenters. The Bertz CT molecular complexity index is 878. The average molecular weight is 353 g/mol. The lowest BCUT2D eigenvalue weighted by molar-refractivity contribution is -0.808. The first kappa shape index (κ1) is 15.9. The largest absolute Gasteiger partial charge is 0.612 e. The van der Waals surface area contributed by atoms with E-state index in [4.69, 9.17) is 0 Å². The minimum atomic E-state index is -1.09. The molecule has 3 rings (SSSR count). The number of allylic oxidation sites excluding steroid dienone is 2. The molecule has 0 saturated carbocycles. The second kappa shape index (κ2) is 5.58. The van der Waals surface area contributed by atoms with Crippen molar-refractivity contribution in [3.63, 3.8) is 0 Å². The second-order valence-electron chi connectivity index (χ2n) is 5.26. The van der Waals surface area contributed by atoms with Crippen LogP contribution in [0.3, 0.4) is 0 Å². The standard InChI is InChI=1S/C12H10N5O6S/c1-14(2)6-3-4-24-12(6)9-7(15(18)19)5-8(16(20)21)10-11(9)17(22)23-13-10/h3-5,9H,1-2H3/q-1/p+1. The predicted octanol–water partition coefficient (Wildman–Crippen LogP) is -0.751. The zero-order valence-electron chi connectivity index (χ0n) is 12.5. The number of rotatable bonds is 3. The van der Waals surface area contributed by atoms with E-state index >= 15 is 0 Å². The molecule has 0 saturated heterocycles. The van der Waals surface area contributed by atoms with Crippen LogP contribution < -0.4 is 9.80 Å². The first-order valence-corrected chi connectivity index (χ1v) is 7.56. The number of nitrogens with zero attached hydrogens (tertiary/aromatic N) is 4. The van der Waals surface area contributed by atoms with Crippen LogP contribution in [-0.4, -0.2) is 34.8 Å². The van der Waals surface area contributed by atoms with E-state index in [-0.39, 0.29) is 16.3 Å². The van der Waals surface area contributed by atoms with Gasteiger partial charge < -0.3 is 20.5 Å². The average Bonchev–Trinajstić information content (AvgIpc) is 3.13. The maximum absolute atomic E-state index is 12.0. The quantitative estimate of drug-likeness (QED) is 0.433. The lowest BCUT2D eigenvalue weighted by atomic mass is 9.90. The fraction of sp³-hybridized carbons (Fsp3) is 0.250. The number of fused-ring (bicyclic) bond motifs is 1. The van der Waals surface area contributed by atoms with Gasteiger partial charge in [-0.3, -0.25) is 14.7 Å². The zero-order valence-corrected chi connectivity index (χ0v) is 13.3. The summed E-state index contributed by atoms with van der Waals surface area (Å²) in [4.78, 5) is 11.4. The molecule has 1 aliphatic rings. The molecular weight excluding hydrogens is 342 g/mol. The molecule has 0 fully saturated rings. The van der Waals surface area contributed by atoms with Crippen molar-refractivity contribution in [1.29, 1.82) is 0 Å². The molecule has 2 aromatic rings. The predicted molar refractivity (Wildman–Crippen MR) is 80.3 cm³/mol. The topological polar surface area (TPSA) is 150 Å². The molecular formula is C12H11N5O6S. The van der Waals surface area contributed by atoms with Gasteiger partial charge in [-0.1, -0.05) is 0 Å². The summed E-state index contributed by atoms with van der Waals surface area (Å²) >= 11 is 1.22. The Morgan fingerprint density at radius 2 is 2.08 bits per heavy atom. The molecule has 1 unspecified atom stereocenters. The van der Waals surface area contributed by atoms with Crippen LogP contribution in [0.25, 0.3) is 0 Å². The molecule has 0 amide bonds. The summed E-state index contributed by atoms with van der Waals surface area (Å²) in [5.74, 6) is -1.09. The van der Waals surface area contributed by atoms with E-state index in [0.717, 1.165) is 16.7 Å². The molecule has 1 N–H and O–H groups in total. The lowest BCUT2D eigenvalue weighted by Gasteiger charge is -2.17. The Morgan fingerprint density at radius 3 is 2.67 bits per heavy atom. The molecule has 1 aliphatic carbocycles. The molecule has 0 aromatic carbocycles. The Kier molecular flexibility index (Phi) is 3.69. The van der Waals surface area contributed by atoms with Crippen LogP contribution in [0, 0.1) is 25.7 Å². The molecule has 0 spiro atoms. The van der Waals surface area contributed by atoms with E-state index < -0.39 is 27.2 Å². The van der Waals surface area contributed by atoms with Gasteiger partial charge in [-0.2, -0.15) is 4.90 Å². The van der Waals surface area contributed by atoms with Crippen molar-refractivity contribution in [3.8, 4) is 0 Å². The summed E-state index contributed by atoms with van der Waals surface area (Å²) in [5.41, 5.74) is -0.900. The van der Waals surface area contributed by atoms with Gasteiger partial charge in [-0.05, 0) is 10.3 Å². The van der Waals surface area contributed by atoms with Crippen LogP contribution >= 0.6 is 11.3 Å². The number of hydrogen-bond donors (Lipinski definition) is 1. The van der Waals surface area contributed by atoms with Gasteiger partial charge in [0.1, 0.15) is 5.69 Å². The monoisotopic (exact) mass is 353 g/mol. The summed E-state index contributed by atoms with van der Waals surface area (Å²) in [7, 11) is 3.66. The SMILES string of the molecule is C[NH+](C)c1ccsc1C1C([N+](=O)[O-])=CC(=[N+]([O-])[O-])c2no[n+]([O-])c21. The maximum Gasteiger partial charge on any atom is 0.318 e. The van der Waals surface area contributed by atoms with Gasteiger partial charge in [-0.25, -0.2) is 0 Å². The first-order valence-electron chi connectivity index (χ1n) is 6.68. The lowest BCUT2D eigenvalue weighted by Crippen LogP contribution is -3.00. The third-order valence-corrected chi connectivity index (χ3v) is 4.63. The number of thiophene rings is 1. The van der Waals surface area contributed by atoms with E-state index in [0.29, 0.717) is 4.88 Å². The number of aromatic nitrogens is 2. The van der Waals surface area contributed by atoms with Crippen molar-refractivity contribution in [1.82, 2.24) is 5.16 Å². The van der Waals surface area contributed by atoms with Crippen LogP contribution in [0.15, 0.2) is 27.8 Å². The number of nitro groups is 1. The van der Waals surface area contributed by atoms with Gasteiger partial charge in [0.2, 0.25) is 5.69 Å². The molecule has 12 heteroatoms. The van der Waals surface area contributed by atoms with Gasteiger partial charge in [0.25, 0.3) is 11.4 Å². The normalized spacial score (nSPS) is 16.9. The fourth-order valence-electron chi connectivity index (χ4n) is 2.62. The van der Waals surface area contributed by atoms with Gasteiger partial charge in [0, 0.05) is 6.07 Å². The molecule has 2 heterocycles. The van der Waals surface area contributed by atoms with E-state index in [1.165, 1.54) is 11.3 Å². The highest BCUT2D eigenvalue weighted by molar-refractivity contribution is 7.10. The van der Waals surface area contributed by atoms with Crippen molar-refractivity contribution in [2.75, 3.05) is 14.1 Å². The third-order valence-electron chi connectivity index (χ3n) is 3.65. The van der Waals surface area contributed by atoms with Gasteiger partial charge in [0.05, 0.1) is 35.1 Å². The Hall–Kier alpha value is -2.99. The Balaban J connectivity index is 2.32. The molecule has 24 heavy (non-hydrogen) atoms. The van der Waals surface area contributed by atoms with Crippen LogP contribution in [-0.2, 0) is 0 Å². The molecule has 2 aromatic heterocycles. The van der Waals surface area contributed by atoms with Crippen LogP contribution in [0.4, 0.5) is 5.69 Å². The Labute approximate surface area is 138 Å². The van der Waals surface area contributed by atoms with Gasteiger partial charge in [-0.15, -0.1) is 11.3 Å². The highest BCUT2D eigenvalue weighted by atomic mass is 32.1. The van der Waals surface area contributed by atoms with Crippen molar-refractivity contribution in [3.05, 3.63) is 65.2 Å². The highest BCUT2D eigenvalue weighted by Crippen LogP contribution is 2.40. The van der Waals surface area contributed by atoms with Crippen molar-refractivity contribution >= 4 is 22.7 Å². The summed E-state index contributed by atoms with van der Waals surface area (Å²) in [6.07, 6.45) is 0.837. The molecule has 0 radical (unpaired) electrons. The van der Waals surface area contributed by atoms with Crippen molar-refractivity contribution in [2.24, 2.45) is 0 Å². The van der Waals surface area contributed by atoms with Crippen LogP contribution in [0.1, 0.15) is 22.2 Å². The van der Waals surface area contributed by atoms with E-state index in [1.54, 1.807) is 11.4 Å². The summed E-state index contributed by atoms with van der Waals surface area (Å²) in [5, 5.41) is 51.0. The van der Waals surface area contributed by atoms with Crippen molar-refractivity contribution in [2.45, 2.75) is 5.92 Å². The maximum atomic E-state index is 12.0. The number of hydrogen-bond acceptors (Lipinski definition) is 8. The summed E-state index contributed by atoms with van der Waals surface area (Å²) in [6, 6.07) is 1.78. The Morgan fingerprint density at radius 1 is 1.38 bits per heavy atom. The summed E-state index contributed by atoms with van der Waals surface area (Å²) in [6.45, 7) is 0. The molecule has 11 nitrogen and oxygen atoms in total. The number of nitrogens with one attached hydrogen (secondary N) is 1. The second-order valence-corrected chi connectivity index (χ2v) is 6.21. The minimum absolute atomic E-state index is 0.00546. The van der Waals surface area contributed by atoms with Crippen molar-refractivity contribution < 1.29 is 24.3 Å². The highest BCUT2D eigenvalue weighted by Gasteiger charge is 2.49. The van der Waals surface area contributed by atoms with Gasteiger partial charge in [0.15, 0.2) is 5.92 Å². The molecule has 0 aliphatic heterocycles. The van der Waals surface area contributed by atoms with Gasteiger partial charge >= 0.3 is 5.69 Å². The molecule has 0 bridgehead atoms. The van der Waals surface area contributed by atoms with Crippen LogP contribution in [0.5, 0.6) is 0 Å². The number of quaternary nitrogens is 1. The zero-order chi connectivity index (χ0) is 17.6. The molecule has 126 valence electrons. The third kappa shape index (κ3) is 2.28. The smallest absolute Gasteiger partial charge is 0.318 e. The van der Waals surface area contributed by atoms with E-state index in [2.05, 4.69) is 9.79 Å². The summed E-state index contributed by atoms with van der Waals surface area (Å²) < 4.78 is 4.48.